The molecule has 0 fully saturated rings. The molecule has 4 nitrogen and oxygen atoms in total. The molecule has 1 heterocycles. The quantitative estimate of drug-likeness (QED) is 0.651. The predicted octanol–water partition coefficient (Wildman–Crippen LogP) is 3.91. The van der Waals surface area contributed by atoms with Crippen molar-refractivity contribution in [1.29, 1.82) is 0 Å². The van der Waals surface area contributed by atoms with Gasteiger partial charge in [0, 0.05) is 6.54 Å². The number of sulfonamides is 1. The van der Waals surface area contributed by atoms with Gasteiger partial charge in [-0.2, -0.15) is 11.3 Å². The van der Waals surface area contributed by atoms with E-state index < -0.39 is 10.0 Å². The van der Waals surface area contributed by atoms with Gasteiger partial charge < -0.3 is 4.74 Å². The Hall–Kier alpha value is -2.15. The molecule has 130 valence electrons. The highest BCUT2D eigenvalue weighted by molar-refractivity contribution is 7.89. The third-order valence-electron chi connectivity index (χ3n) is 3.70. The van der Waals surface area contributed by atoms with Gasteiger partial charge in [0.1, 0.15) is 12.4 Å². The van der Waals surface area contributed by atoms with E-state index in [0.717, 1.165) is 16.7 Å². The normalized spacial score (nSPS) is 11.4. The van der Waals surface area contributed by atoms with Gasteiger partial charge in [-0.3, -0.25) is 0 Å². The van der Waals surface area contributed by atoms with Crippen molar-refractivity contribution in [1.82, 2.24) is 4.72 Å². The molecule has 6 heteroatoms. The van der Waals surface area contributed by atoms with Gasteiger partial charge in [0.2, 0.25) is 10.0 Å². The van der Waals surface area contributed by atoms with Crippen LogP contribution in [0.2, 0.25) is 0 Å². The lowest BCUT2D eigenvalue weighted by molar-refractivity contribution is 0.340. The monoisotopic (exact) mass is 373 g/mol. The van der Waals surface area contributed by atoms with Gasteiger partial charge in [0.05, 0.1) is 5.75 Å². The van der Waals surface area contributed by atoms with Crippen LogP contribution in [-0.2, 0) is 16.6 Å². The Morgan fingerprint density at radius 1 is 0.960 bits per heavy atom. The maximum atomic E-state index is 12.2. The molecule has 2 aromatic carbocycles. The van der Waals surface area contributed by atoms with Crippen LogP contribution in [0.3, 0.4) is 0 Å². The second kappa shape index (κ2) is 8.29. The summed E-state index contributed by atoms with van der Waals surface area (Å²) in [6, 6.07) is 19.0. The lowest BCUT2D eigenvalue weighted by Crippen LogP contribution is -2.28. The van der Waals surface area contributed by atoms with Gasteiger partial charge in [0.25, 0.3) is 0 Å². The highest BCUT2D eigenvalue weighted by Gasteiger charge is 2.12. The summed E-state index contributed by atoms with van der Waals surface area (Å²) >= 11 is 1.62. The fraction of sp³-hybridized carbons (Fsp3) is 0.158. The zero-order valence-electron chi connectivity index (χ0n) is 13.6. The first-order valence-corrected chi connectivity index (χ1v) is 10.5. The first-order valence-electron chi connectivity index (χ1n) is 7.90. The smallest absolute Gasteiger partial charge is 0.215 e. The van der Waals surface area contributed by atoms with Gasteiger partial charge in [0.15, 0.2) is 0 Å². The summed E-state index contributed by atoms with van der Waals surface area (Å²) < 4.78 is 32.5. The molecule has 0 bridgehead atoms. The van der Waals surface area contributed by atoms with E-state index in [1.807, 2.05) is 53.9 Å². The van der Waals surface area contributed by atoms with Gasteiger partial charge in [-0.05, 0) is 45.6 Å². The highest BCUT2D eigenvalue weighted by Crippen LogP contribution is 2.25. The van der Waals surface area contributed by atoms with Gasteiger partial charge >= 0.3 is 0 Å². The second-order valence-electron chi connectivity index (χ2n) is 5.47. The Balaban J connectivity index is 1.57. The molecule has 0 saturated heterocycles. The van der Waals surface area contributed by atoms with E-state index in [1.165, 1.54) is 0 Å². The first kappa shape index (κ1) is 17.7. The summed E-state index contributed by atoms with van der Waals surface area (Å²) in [5.41, 5.74) is 3.10. The molecular formula is C19H19NO3S2. The number of nitrogens with one attached hydrogen (secondary N) is 1. The lowest BCUT2D eigenvalue weighted by Gasteiger charge is -2.11. The average Bonchev–Trinajstić information content (AvgIpc) is 3.16. The molecule has 1 aromatic heterocycles. The minimum absolute atomic E-state index is 0.0808. The Kier molecular flexibility index (Phi) is 5.86. The number of hydrogen-bond donors (Lipinski definition) is 1. The third-order valence-corrected chi connectivity index (χ3v) is 5.67. The van der Waals surface area contributed by atoms with Crippen LogP contribution in [0.5, 0.6) is 5.75 Å². The number of benzene rings is 2. The van der Waals surface area contributed by atoms with Crippen LogP contribution in [0.1, 0.15) is 5.56 Å². The number of ether oxygens (including phenoxy) is 1. The molecule has 0 saturated carbocycles. The fourth-order valence-corrected chi connectivity index (χ4v) is 3.90. The lowest BCUT2D eigenvalue weighted by atomic mass is 10.0. The third kappa shape index (κ3) is 5.16. The largest absolute Gasteiger partial charge is 0.492 e. The molecule has 0 aliphatic heterocycles. The van der Waals surface area contributed by atoms with Crippen LogP contribution in [0, 0.1) is 0 Å². The molecule has 0 aliphatic rings. The SMILES string of the molecule is O=S(=O)(CCOc1ccccc1)NCc1ccccc1-c1ccsc1. The number of thiophene rings is 1. The molecule has 25 heavy (non-hydrogen) atoms. The van der Waals surface area contributed by atoms with Crippen molar-refractivity contribution in [3.05, 3.63) is 77.0 Å². The number of rotatable bonds is 8. The minimum atomic E-state index is -3.41. The topological polar surface area (TPSA) is 55.4 Å². The average molecular weight is 373 g/mol. The fourth-order valence-electron chi connectivity index (χ4n) is 2.42. The van der Waals surface area contributed by atoms with E-state index in [4.69, 9.17) is 4.74 Å². The summed E-state index contributed by atoms with van der Waals surface area (Å²) in [5, 5.41) is 4.07. The van der Waals surface area contributed by atoms with E-state index in [1.54, 1.807) is 23.5 Å². The van der Waals surface area contributed by atoms with Crippen molar-refractivity contribution >= 4 is 21.4 Å². The van der Waals surface area contributed by atoms with Gasteiger partial charge in [-0.15, -0.1) is 0 Å². The summed E-state index contributed by atoms with van der Waals surface area (Å²) in [5.74, 6) is 0.586. The predicted molar refractivity (Wildman–Crippen MR) is 102 cm³/mol. The van der Waals surface area contributed by atoms with E-state index in [9.17, 15) is 8.42 Å². The van der Waals surface area contributed by atoms with Crippen LogP contribution in [0.4, 0.5) is 0 Å². The minimum Gasteiger partial charge on any atom is -0.492 e. The van der Waals surface area contributed by atoms with E-state index in [-0.39, 0.29) is 18.9 Å². The van der Waals surface area contributed by atoms with Crippen molar-refractivity contribution < 1.29 is 13.2 Å². The van der Waals surface area contributed by atoms with Crippen LogP contribution >= 0.6 is 11.3 Å². The van der Waals surface area contributed by atoms with E-state index in [2.05, 4.69) is 10.1 Å². The molecule has 0 unspecified atom stereocenters. The van der Waals surface area contributed by atoms with Crippen LogP contribution in [0.15, 0.2) is 71.4 Å². The molecule has 3 aromatic rings. The first-order chi connectivity index (χ1) is 12.1. The van der Waals surface area contributed by atoms with Crippen molar-refractivity contribution in [3.63, 3.8) is 0 Å². The maximum Gasteiger partial charge on any atom is 0.215 e. The van der Waals surface area contributed by atoms with Crippen molar-refractivity contribution in [2.75, 3.05) is 12.4 Å². The molecule has 0 atom stereocenters. The van der Waals surface area contributed by atoms with Crippen molar-refractivity contribution in [2.24, 2.45) is 0 Å². The van der Waals surface area contributed by atoms with Gasteiger partial charge in [-0.1, -0.05) is 42.5 Å². The van der Waals surface area contributed by atoms with Crippen molar-refractivity contribution in [2.45, 2.75) is 6.54 Å². The Labute approximate surface area is 152 Å². The Morgan fingerprint density at radius 3 is 2.48 bits per heavy atom. The zero-order chi connectivity index (χ0) is 17.5. The Morgan fingerprint density at radius 2 is 1.72 bits per heavy atom. The molecule has 0 amide bonds. The summed E-state index contributed by atoms with van der Waals surface area (Å²) in [7, 11) is -3.41. The Bertz CT molecular complexity index is 891. The number of para-hydroxylation sites is 1. The highest BCUT2D eigenvalue weighted by atomic mass is 32.2. The summed E-state index contributed by atoms with van der Waals surface area (Å²) in [6.07, 6.45) is 0. The molecular weight excluding hydrogens is 354 g/mol. The zero-order valence-corrected chi connectivity index (χ0v) is 15.2. The van der Waals surface area contributed by atoms with E-state index in [0.29, 0.717) is 5.75 Å². The molecule has 0 aliphatic carbocycles. The van der Waals surface area contributed by atoms with Crippen LogP contribution in [-0.4, -0.2) is 20.8 Å². The number of hydrogen-bond acceptors (Lipinski definition) is 4. The summed E-state index contributed by atoms with van der Waals surface area (Å²) in [6.45, 7) is 0.380. The molecule has 3 rings (SSSR count). The maximum absolute atomic E-state index is 12.2. The van der Waals surface area contributed by atoms with Gasteiger partial charge in [-0.25, -0.2) is 13.1 Å². The van der Waals surface area contributed by atoms with Crippen molar-refractivity contribution in [3.8, 4) is 16.9 Å². The summed E-state index contributed by atoms with van der Waals surface area (Å²) in [4.78, 5) is 0. The standard InChI is InChI=1S/C19H19NO3S2/c21-25(22,13-11-23-18-7-2-1-3-8-18)20-14-16-6-4-5-9-19(16)17-10-12-24-15-17/h1-10,12,15,20H,11,13-14H2. The molecule has 0 spiro atoms. The van der Waals surface area contributed by atoms with Crippen LogP contribution < -0.4 is 9.46 Å². The molecule has 1 N–H and O–H groups in total. The second-order valence-corrected chi connectivity index (χ2v) is 8.18. The van der Waals surface area contributed by atoms with Crippen LogP contribution in [0.25, 0.3) is 11.1 Å². The molecule has 0 radical (unpaired) electrons. The van der Waals surface area contributed by atoms with E-state index >= 15 is 0 Å².